The second kappa shape index (κ2) is 15.2. The van der Waals surface area contributed by atoms with Crippen LogP contribution in [0, 0.1) is 35.5 Å². The third kappa shape index (κ3) is 7.24. The van der Waals surface area contributed by atoms with E-state index in [4.69, 9.17) is 13.5 Å². The van der Waals surface area contributed by atoms with E-state index in [0.29, 0.717) is 37.6 Å². The predicted molar refractivity (Wildman–Crippen MR) is 182 cm³/mol. The maximum absolute atomic E-state index is 11.0. The van der Waals surface area contributed by atoms with Crippen molar-refractivity contribution in [3.8, 4) is 23.0 Å². The van der Waals surface area contributed by atoms with E-state index in [2.05, 4.69) is 16.4 Å². The van der Waals surface area contributed by atoms with Crippen LogP contribution in [0.15, 0.2) is 35.3 Å². The van der Waals surface area contributed by atoms with Crippen LogP contribution in [0.1, 0.15) is 101 Å². The minimum atomic E-state index is 0.117. The zero-order valence-electron chi connectivity index (χ0n) is 28.4. The van der Waals surface area contributed by atoms with Gasteiger partial charge in [-0.2, -0.15) is 0 Å². The van der Waals surface area contributed by atoms with E-state index in [0.717, 1.165) is 58.4 Å². The Kier molecular flexibility index (Phi) is 11.3. The van der Waals surface area contributed by atoms with Gasteiger partial charge in [-0.15, -0.1) is 0 Å². The molecule has 8 fully saturated rings. The van der Waals surface area contributed by atoms with Crippen LogP contribution in [0.2, 0.25) is 0 Å². The number of aliphatic hydroxyl groups is 1. The fraction of sp³-hybridized carbons (Fsp3) is 0.667. The van der Waals surface area contributed by atoms with Crippen LogP contribution in [0.5, 0.6) is 23.0 Å². The van der Waals surface area contributed by atoms with Gasteiger partial charge in [0, 0.05) is 30.4 Å². The van der Waals surface area contributed by atoms with Gasteiger partial charge >= 0.3 is 21.0 Å². The molecule has 0 saturated heterocycles. The number of benzene rings is 2. The molecule has 8 bridgehead atoms. The molecule has 5 N–H and O–H groups in total. The van der Waals surface area contributed by atoms with Gasteiger partial charge in [0.1, 0.15) is 0 Å². The van der Waals surface area contributed by atoms with Gasteiger partial charge in [-0.25, -0.2) is 0 Å². The Hall–Kier alpha value is -2.39. The van der Waals surface area contributed by atoms with E-state index in [1.807, 2.05) is 19.1 Å². The summed E-state index contributed by atoms with van der Waals surface area (Å²) in [6.07, 6.45) is 17.9. The van der Waals surface area contributed by atoms with Crippen molar-refractivity contribution in [3.05, 3.63) is 47.0 Å². The number of nitrogens with zero attached hydrogens (tertiary/aromatic N) is 1. The second-order valence-electron chi connectivity index (χ2n) is 15.9. The Balaban J connectivity index is 0.000000176. The van der Waals surface area contributed by atoms with Crippen LogP contribution >= 0.6 is 0 Å². The summed E-state index contributed by atoms with van der Waals surface area (Å²) >= 11 is 1.06. The molecule has 0 aliphatic heterocycles. The summed E-state index contributed by atoms with van der Waals surface area (Å²) in [5.41, 5.74) is 3.60. The number of phenols is 3. The number of hydrogen-bond donors (Lipinski definition) is 5. The molecular weight excluding hydrogens is 643 g/mol. The average Bonchev–Trinajstić information content (AvgIpc) is 3.05. The van der Waals surface area contributed by atoms with E-state index < -0.39 is 0 Å². The Morgan fingerprint density at radius 3 is 1.88 bits per heavy atom. The van der Waals surface area contributed by atoms with Gasteiger partial charge in [0.2, 0.25) is 0 Å². The molecule has 8 nitrogen and oxygen atoms in total. The summed E-state index contributed by atoms with van der Waals surface area (Å²) < 4.78 is 13.5. The van der Waals surface area contributed by atoms with Crippen LogP contribution in [0.3, 0.4) is 0 Å². The molecule has 2 aromatic carbocycles. The molecular formula is C39H54N2O6V. The molecule has 0 radical (unpaired) electrons. The summed E-state index contributed by atoms with van der Waals surface area (Å²) in [5.74, 6) is 6.27. The monoisotopic (exact) mass is 697 g/mol. The molecule has 0 heterocycles. The van der Waals surface area contributed by atoms with Crippen molar-refractivity contribution in [3.63, 3.8) is 0 Å². The number of rotatable bonds is 10. The van der Waals surface area contributed by atoms with Crippen LogP contribution in [0.25, 0.3) is 0 Å². The molecule has 10 rings (SSSR count). The normalized spacial score (nSPS) is 33.6. The predicted octanol–water partition coefficient (Wildman–Crippen LogP) is 6.70. The van der Waals surface area contributed by atoms with Crippen molar-refractivity contribution in [1.82, 2.24) is 5.32 Å². The molecule has 8 aliphatic rings. The average molecular weight is 698 g/mol. The summed E-state index contributed by atoms with van der Waals surface area (Å²) in [6, 6.07) is 9.69. The second-order valence-corrected chi connectivity index (χ2v) is 15.9. The zero-order chi connectivity index (χ0) is 33.9. The number of aliphatic hydroxyl groups excluding tert-OH is 1. The fourth-order valence-electron chi connectivity index (χ4n) is 11.7. The molecule has 48 heavy (non-hydrogen) atoms. The molecule has 0 amide bonds. The summed E-state index contributed by atoms with van der Waals surface area (Å²) in [7, 11) is 0. The first-order chi connectivity index (χ1) is 23.3. The third-order valence-electron chi connectivity index (χ3n) is 12.6. The first-order valence-corrected chi connectivity index (χ1v) is 18.9. The summed E-state index contributed by atoms with van der Waals surface area (Å²) in [4.78, 5) is 4.19. The van der Waals surface area contributed by atoms with Crippen molar-refractivity contribution in [2.45, 2.75) is 94.8 Å². The third-order valence-corrected chi connectivity index (χ3v) is 12.6. The van der Waals surface area contributed by atoms with Gasteiger partial charge in [-0.05, 0) is 154 Å². The molecule has 0 unspecified atom stereocenters. The number of para-hydroxylation sites is 1. The quantitative estimate of drug-likeness (QED) is 0.106. The zero-order valence-corrected chi connectivity index (χ0v) is 29.8. The molecule has 261 valence electrons. The minimum absolute atomic E-state index is 0.117. The molecule has 8 saturated carbocycles. The summed E-state index contributed by atoms with van der Waals surface area (Å²) in [5, 5.41) is 43.3. The maximum atomic E-state index is 11.0. The molecule has 8 aliphatic carbocycles. The van der Waals surface area contributed by atoms with Crippen molar-refractivity contribution in [2.75, 3.05) is 32.8 Å². The molecule has 0 atom stereocenters. The van der Waals surface area contributed by atoms with Crippen molar-refractivity contribution < 1.29 is 46.2 Å². The topological polar surface area (TPSA) is 132 Å². The van der Waals surface area contributed by atoms with Gasteiger partial charge in [-0.1, -0.05) is 12.1 Å². The number of ether oxygens (including phenoxy) is 1. The standard InChI is InChI=1S/C26H34O2.C13H20N2O3.O.V/c27-23-8-21(25-9-15-1-16(10-25)3-17(2-15)11-25)7-22(24(23)28)26-12-18-4-19(13-26)6-20(5-18)14-26;1-2-18-12-5-3-4-11(13(12)17)10-15-7-6-14-8-9-16;;/h7-8,15-20,27-28H,1-6,9-14H2;3-5,10,14,16-17H,2,6-9H2,1H3;;. The number of phenolic OH excluding ortho intramolecular Hbond substituents is 3. The molecule has 9 heteroatoms. The molecule has 0 spiro atoms. The Morgan fingerprint density at radius 2 is 1.35 bits per heavy atom. The summed E-state index contributed by atoms with van der Waals surface area (Å²) in [6.45, 7) is 4.37. The van der Waals surface area contributed by atoms with Crippen LogP contribution in [-0.4, -0.2) is 59.5 Å². The molecule has 0 aromatic heterocycles. The van der Waals surface area contributed by atoms with Gasteiger partial charge < -0.3 is 30.5 Å². The van der Waals surface area contributed by atoms with E-state index in [-0.39, 0.29) is 34.7 Å². The van der Waals surface area contributed by atoms with Gasteiger partial charge in [0.05, 0.1) is 19.8 Å². The Bertz CT molecular complexity index is 1380. The van der Waals surface area contributed by atoms with Gasteiger partial charge in [-0.3, -0.25) is 4.99 Å². The van der Waals surface area contributed by atoms with Gasteiger partial charge in [0.25, 0.3) is 0 Å². The first kappa shape index (κ1) is 35.4. The van der Waals surface area contributed by atoms with Gasteiger partial charge in [0.15, 0.2) is 23.0 Å². The first-order valence-electron chi connectivity index (χ1n) is 18.3. The van der Waals surface area contributed by atoms with Crippen molar-refractivity contribution in [2.24, 2.45) is 40.5 Å². The molecule has 2 aromatic rings. The van der Waals surface area contributed by atoms with E-state index in [1.165, 1.54) is 82.6 Å². The number of nitrogens with one attached hydrogen (secondary N) is 1. The number of hydrogen-bond acceptors (Lipinski definition) is 8. The van der Waals surface area contributed by atoms with Crippen molar-refractivity contribution in [1.29, 1.82) is 0 Å². The van der Waals surface area contributed by atoms with E-state index in [1.54, 1.807) is 18.3 Å². The van der Waals surface area contributed by atoms with Crippen LogP contribution in [-0.2, 0) is 31.9 Å². The van der Waals surface area contributed by atoms with Crippen LogP contribution in [0.4, 0.5) is 0 Å². The van der Waals surface area contributed by atoms with E-state index >= 15 is 0 Å². The van der Waals surface area contributed by atoms with Crippen molar-refractivity contribution >= 4 is 6.21 Å². The number of aliphatic imine (C=N–C) groups is 1. The fourth-order valence-corrected chi connectivity index (χ4v) is 11.7. The van der Waals surface area contributed by atoms with Crippen LogP contribution < -0.4 is 10.1 Å². The Morgan fingerprint density at radius 1 is 0.812 bits per heavy atom. The SMILES string of the molecule is CCOc1cccc(C=NCCNCCO)c1O.Oc1cc(C23CC4CC(CC(C4)C2)C3)cc(C23CC4CC(CC(C4)C2)C3)c1O.[O]=[V]. The number of aromatic hydroxyl groups is 3. The Labute approximate surface area is 295 Å². The van der Waals surface area contributed by atoms with E-state index in [9.17, 15) is 15.3 Å².